The molecule has 0 radical (unpaired) electrons. The average Bonchev–Trinajstić information content (AvgIpc) is 2.38. The van der Waals surface area contributed by atoms with E-state index in [1.54, 1.807) is 0 Å². The van der Waals surface area contributed by atoms with E-state index in [-0.39, 0.29) is 18.0 Å². The molecular formula is C15H23ClN2O2. The highest BCUT2D eigenvalue weighted by Crippen LogP contribution is 2.27. The molecule has 0 aliphatic rings. The third kappa shape index (κ3) is 5.39. The third-order valence-corrected chi connectivity index (χ3v) is 3.22. The standard InChI is InChI=1S/C15H23ClN2O2/c1-10(2)18-15(19)7-8-20-14-6-5-12(9-13(14)16)11(3)17-4/h5-6,9-11,17H,7-8H2,1-4H3,(H,18,19). The summed E-state index contributed by atoms with van der Waals surface area (Å²) in [6.07, 6.45) is 0.323. The number of benzene rings is 1. The van der Waals surface area contributed by atoms with Crippen molar-refractivity contribution in [3.63, 3.8) is 0 Å². The molecule has 0 aliphatic heterocycles. The molecule has 0 aromatic heterocycles. The molecule has 1 amide bonds. The largest absolute Gasteiger partial charge is 0.491 e. The first-order valence-corrected chi connectivity index (χ1v) is 7.20. The van der Waals surface area contributed by atoms with Crippen LogP contribution in [0.25, 0.3) is 0 Å². The van der Waals surface area contributed by atoms with Crippen LogP contribution in [0.2, 0.25) is 5.02 Å². The summed E-state index contributed by atoms with van der Waals surface area (Å²) in [4.78, 5) is 11.5. The quantitative estimate of drug-likeness (QED) is 0.814. The van der Waals surface area contributed by atoms with Gasteiger partial charge in [0, 0.05) is 12.1 Å². The van der Waals surface area contributed by atoms with Gasteiger partial charge in [0.05, 0.1) is 18.1 Å². The van der Waals surface area contributed by atoms with Crippen LogP contribution in [0, 0.1) is 0 Å². The number of halogens is 1. The zero-order chi connectivity index (χ0) is 15.1. The first-order valence-electron chi connectivity index (χ1n) is 6.83. The normalized spacial score (nSPS) is 12.3. The first kappa shape index (κ1) is 16.8. The third-order valence-electron chi connectivity index (χ3n) is 2.93. The van der Waals surface area contributed by atoms with Gasteiger partial charge in [-0.15, -0.1) is 0 Å². The Kier molecular flexibility index (Phi) is 6.82. The second kappa shape index (κ2) is 8.12. The zero-order valence-electron chi connectivity index (χ0n) is 12.5. The highest BCUT2D eigenvalue weighted by molar-refractivity contribution is 6.32. The van der Waals surface area contributed by atoms with E-state index in [9.17, 15) is 4.79 Å². The Morgan fingerprint density at radius 1 is 1.35 bits per heavy atom. The van der Waals surface area contributed by atoms with Crippen LogP contribution in [-0.2, 0) is 4.79 Å². The lowest BCUT2D eigenvalue weighted by molar-refractivity contribution is -0.122. The van der Waals surface area contributed by atoms with Crippen molar-refractivity contribution in [1.29, 1.82) is 0 Å². The number of ether oxygens (including phenoxy) is 1. The fraction of sp³-hybridized carbons (Fsp3) is 0.533. The van der Waals surface area contributed by atoms with E-state index in [4.69, 9.17) is 16.3 Å². The van der Waals surface area contributed by atoms with E-state index in [1.807, 2.05) is 39.1 Å². The topological polar surface area (TPSA) is 50.4 Å². The van der Waals surface area contributed by atoms with Gasteiger partial charge in [0.2, 0.25) is 5.91 Å². The van der Waals surface area contributed by atoms with Crippen molar-refractivity contribution in [2.45, 2.75) is 39.3 Å². The molecule has 1 rings (SSSR count). The molecule has 0 saturated carbocycles. The van der Waals surface area contributed by atoms with Gasteiger partial charge in [-0.25, -0.2) is 0 Å². The number of rotatable bonds is 7. The van der Waals surface area contributed by atoms with Crippen LogP contribution in [0.1, 0.15) is 38.8 Å². The lowest BCUT2D eigenvalue weighted by Gasteiger charge is -2.14. The predicted octanol–water partition coefficient (Wildman–Crippen LogP) is 2.91. The molecule has 0 spiro atoms. The van der Waals surface area contributed by atoms with Crippen molar-refractivity contribution in [2.75, 3.05) is 13.7 Å². The molecule has 1 aromatic rings. The van der Waals surface area contributed by atoms with Crippen LogP contribution in [0.3, 0.4) is 0 Å². The molecule has 0 fully saturated rings. The Balaban J connectivity index is 2.51. The van der Waals surface area contributed by atoms with Crippen LogP contribution in [0.4, 0.5) is 0 Å². The number of hydrogen-bond donors (Lipinski definition) is 2. The van der Waals surface area contributed by atoms with E-state index in [0.717, 1.165) is 5.56 Å². The van der Waals surface area contributed by atoms with Gasteiger partial charge in [0.15, 0.2) is 0 Å². The lowest BCUT2D eigenvalue weighted by atomic mass is 10.1. The Hall–Kier alpha value is -1.26. The van der Waals surface area contributed by atoms with E-state index in [2.05, 4.69) is 17.6 Å². The molecule has 1 unspecified atom stereocenters. The summed E-state index contributed by atoms with van der Waals surface area (Å²) in [6, 6.07) is 6.07. The minimum absolute atomic E-state index is 0.0171. The van der Waals surface area contributed by atoms with Crippen LogP contribution in [0.5, 0.6) is 5.75 Å². The molecule has 1 aromatic carbocycles. The monoisotopic (exact) mass is 298 g/mol. The molecule has 0 aliphatic carbocycles. The van der Waals surface area contributed by atoms with Gasteiger partial charge in [-0.2, -0.15) is 0 Å². The second-order valence-corrected chi connectivity index (χ2v) is 5.43. The number of hydrogen-bond acceptors (Lipinski definition) is 3. The van der Waals surface area contributed by atoms with Gasteiger partial charge in [-0.3, -0.25) is 4.79 Å². The van der Waals surface area contributed by atoms with Gasteiger partial charge < -0.3 is 15.4 Å². The van der Waals surface area contributed by atoms with Gasteiger partial charge in [0.25, 0.3) is 0 Å². The number of carbonyl (C=O) groups is 1. The molecule has 2 N–H and O–H groups in total. The maximum atomic E-state index is 11.5. The highest BCUT2D eigenvalue weighted by atomic mass is 35.5. The molecule has 1 atom stereocenters. The second-order valence-electron chi connectivity index (χ2n) is 5.02. The van der Waals surface area contributed by atoms with Crippen LogP contribution in [-0.4, -0.2) is 25.6 Å². The van der Waals surface area contributed by atoms with Crippen LogP contribution >= 0.6 is 11.6 Å². The molecule has 112 valence electrons. The van der Waals surface area contributed by atoms with Gasteiger partial charge >= 0.3 is 0 Å². The summed E-state index contributed by atoms with van der Waals surface area (Å²) in [5, 5.41) is 6.53. The highest BCUT2D eigenvalue weighted by Gasteiger charge is 2.08. The number of carbonyl (C=O) groups excluding carboxylic acids is 1. The van der Waals surface area contributed by atoms with Crippen molar-refractivity contribution in [2.24, 2.45) is 0 Å². The molecule has 0 bridgehead atoms. The molecule has 4 nitrogen and oxygen atoms in total. The maximum Gasteiger partial charge on any atom is 0.223 e. The average molecular weight is 299 g/mol. The minimum Gasteiger partial charge on any atom is -0.491 e. The Bertz CT molecular complexity index is 449. The van der Waals surface area contributed by atoms with E-state index >= 15 is 0 Å². The molecular weight excluding hydrogens is 276 g/mol. The summed E-state index contributed by atoms with van der Waals surface area (Å²) in [5.41, 5.74) is 1.10. The first-order chi connectivity index (χ1) is 9.43. The summed E-state index contributed by atoms with van der Waals surface area (Å²) in [6.45, 7) is 6.23. The lowest BCUT2D eigenvalue weighted by Crippen LogP contribution is -2.31. The summed E-state index contributed by atoms with van der Waals surface area (Å²) < 4.78 is 5.54. The number of amides is 1. The summed E-state index contributed by atoms with van der Waals surface area (Å²) >= 11 is 6.18. The molecule has 5 heteroatoms. The van der Waals surface area contributed by atoms with Crippen molar-refractivity contribution in [1.82, 2.24) is 10.6 Å². The van der Waals surface area contributed by atoms with Crippen molar-refractivity contribution < 1.29 is 9.53 Å². The molecule has 20 heavy (non-hydrogen) atoms. The fourth-order valence-corrected chi connectivity index (χ4v) is 1.96. The minimum atomic E-state index is -0.0171. The van der Waals surface area contributed by atoms with Crippen LogP contribution in [0.15, 0.2) is 18.2 Å². The molecule has 0 saturated heterocycles. The van der Waals surface area contributed by atoms with E-state index < -0.39 is 0 Å². The Morgan fingerprint density at radius 3 is 2.60 bits per heavy atom. The summed E-state index contributed by atoms with van der Waals surface area (Å²) in [7, 11) is 1.90. The van der Waals surface area contributed by atoms with Gasteiger partial charge in [-0.05, 0) is 45.5 Å². The Morgan fingerprint density at radius 2 is 2.05 bits per heavy atom. The molecule has 0 heterocycles. The Labute approximate surface area is 125 Å². The predicted molar refractivity (Wildman–Crippen MR) is 82.3 cm³/mol. The fourth-order valence-electron chi connectivity index (χ4n) is 1.72. The summed E-state index contributed by atoms with van der Waals surface area (Å²) in [5.74, 6) is 0.590. The van der Waals surface area contributed by atoms with Crippen molar-refractivity contribution in [3.8, 4) is 5.75 Å². The van der Waals surface area contributed by atoms with Gasteiger partial charge in [-0.1, -0.05) is 17.7 Å². The number of nitrogens with one attached hydrogen (secondary N) is 2. The smallest absolute Gasteiger partial charge is 0.223 e. The van der Waals surface area contributed by atoms with E-state index in [0.29, 0.717) is 23.8 Å². The SMILES string of the molecule is CNC(C)c1ccc(OCCC(=O)NC(C)C)c(Cl)c1. The maximum absolute atomic E-state index is 11.5. The van der Waals surface area contributed by atoms with Crippen molar-refractivity contribution >= 4 is 17.5 Å². The van der Waals surface area contributed by atoms with Crippen LogP contribution < -0.4 is 15.4 Å². The van der Waals surface area contributed by atoms with E-state index in [1.165, 1.54) is 0 Å². The zero-order valence-corrected chi connectivity index (χ0v) is 13.3. The van der Waals surface area contributed by atoms with Gasteiger partial charge in [0.1, 0.15) is 5.75 Å². The van der Waals surface area contributed by atoms with Crippen molar-refractivity contribution in [3.05, 3.63) is 28.8 Å².